The van der Waals surface area contributed by atoms with Gasteiger partial charge in [0.05, 0.1) is 18.7 Å². The van der Waals surface area contributed by atoms with Crippen molar-refractivity contribution in [2.24, 2.45) is 4.99 Å². The van der Waals surface area contributed by atoms with E-state index in [0.29, 0.717) is 5.75 Å². The van der Waals surface area contributed by atoms with Crippen molar-refractivity contribution >= 4 is 16.8 Å². The second-order valence-electron chi connectivity index (χ2n) is 4.42. The van der Waals surface area contributed by atoms with Gasteiger partial charge in [-0.15, -0.1) is 11.8 Å². The van der Waals surface area contributed by atoms with Gasteiger partial charge in [-0.25, -0.2) is 0 Å². The molecule has 102 valence electrons. The van der Waals surface area contributed by atoms with E-state index in [4.69, 9.17) is 4.74 Å². The summed E-state index contributed by atoms with van der Waals surface area (Å²) in [6.45, 7) is 2.91. The first kappa shape index (κ1) is 14.0. The van der Waals surface area contributed by atoms with Crippen LogP contribution in [0.3, 0.4) is 0 Å². The SMILES string of the molecule is CCCSC1=NCC(c2ccc(OC)c(O)c2)C=C1. The van der Waals surface area contributed by atoms with Crippen LogP contribution in [-0.2, 0) is 0 Å². The van der Waals surface area contributed by atoms with Crippen molar-refractivity contribution < 1.29 is 9.84 Å². The Hall–Kier alpha value is -1.42. The fourth-order valence-electron chi connectivity index (χ4n) is 1.95. The third-order valence-corrected chi connectivity index (χ3v) is 4.17. The number of dihydropyridines is 1. The van der Waals surface area contributed by atoms with Crippen LogP contribution in [0.15, 0.2) is 35.3 Å². The molecule has 4 heteroatoms. The van der Waals surface area contributed by atoms with Crippen molar-refractivity contribution in [3.8, 4) is 11.5 Å². The van der Waals surface area contributed by atoms with Crippen molar-refractivity contribution in [3.63, 3.8) is 0 Å². The van der Waals surface area contributed by atoms with Gasteiger partial charge in [-0.3, -0.25) is 4.99 Å². The minimum absolute atomic E-state index is 0.184. The van der Waals surface area contributed by atoms with E-state index < -0.39 is 0 Å². The summed E-state index contributed by atoms with van der Waals surface area (Å²) >= 11 is 1.80. The Balaban J connectivity index is 2.04. The number of nitrogens with zero attached hydrogens (tertiary/aromatic N) is 1. The monoisotopic (exact) mass is 277 g/mol. The Morgan fingerprint density at radius 2 is 2.32 bits per heavy atom. The molecule has 0 amide bonds. The summed E-state index contributed by atoms with van der Waals surface area (Å²) < 4.78 is 5.05. The molecule has 0 aliphatic carbocycles. The van der Waals surface area contributed by atoms with Crippen LogP contribution in [0.5, 0.6) is 11.5 Å². The zero-order valence-corrected chi connectivity index (χ0v) is 12.1. The maximum Gasteiger partial charge on any atom is 0.160 e. The fourth-order valence-corrected chi connectivity index (χ4v) is 2.71. The molecule has 0 spiro atoms. The van der Waals surface area contributed by atoms with Crippen LogP contribution in [0.4, 0.5) is 0 Å². The molecule has 1 heterocycles. The third kappa shape index (κ3) is 3.53. The number of rotatable bonds is 4. The van der Waals surface area contributed by atoms with Gasteiger partial charge in [0.2, 0.25) is 0 Å². The number of aliphatic imine (C=N–C) groups is 1. The standard InChI is InChI=1S/C15H19NO2S/c1-3-8-19-15-7-5-12(10-16-15)11-4-6-14(18-2)13(17)9-11/h4-7,9,12,17H,3,8,10H2,1-2H3. The van der Waals surface area contributed by atoms with Crippen molar-refractivity contribution in [1.29, 1.82) is 0 Å². The summed E-state index contributed by atoms with van der Waals surface area (Å²) in [7, 11) is 1.55. The number of thioether (sulfide) groups is 1. The highest BCUT2D eigenvalue weighted by atomic mass is 32.2. The molecule has 0 aromatic heterocycles. The van der Waals surface area contributed by atoms with Crippen molar-refractivity contribution in [3.05, 3.63) is 35.9 Å². The highest BCUT2D eigenvalue weighted by Crippen LogP contribution is 2.31. The van der Waals surface area contributed by atoms with Gasteiger partial charge in [0.1, 0.15) is 0 Å². The van der Waals surface area contributed by atoms with E-state index in [0.717, 1.165) is 29.3 Å². The molecule has 1 aromatic rings. The molecule has 0 bridgehead atoms. The van der Waals surface area contributed by atoms with Gasteiger partial charge in [0.25, 0.3) is 0 Å². The van der Waals surface area contributed by atoms with Gasteiger partial charge in [0.15, 0.2) is 11.5 Å². The van der Waals surface area contributed by atoms with Crippen LogP contribution >= 0.6 is 11.8 Å². The highest BCUT2D eigenvalue weighted by molar-refractivity contribution is 8.14. The van der Waals surface area contributed by atoms with E-state index in [9.17, 15) is 5.11 Å². The first-order valence-electron chi connectivity index (χ1n) is 6.47. The van der Waals surface area contributed by atoms with Crippen LogP contribution < -0.4 is 4.74 Å². The first-order chi connectivity index (χ1) is 9.24. The number of phenolic OH excluding ortho intramolecular Hbond substituents is 1. The number of methoxy groups -OCH3 is 1. The van der Waals surface area contributed by atoms with Crippen LogP contribution in [0, 0.1) is 0 Å². The molecule has 1 aromatic carbocycles. The molecule has 1 aliphatic rings. The van der Waals surface area contributed by atoms with Crippen LogP contribution in [0.2, 0.25) is 0 Å². The van der Waals surface area contributed by atoms with Gasteiger partial charge in [-0.05, 0) is 35.9 Å². The van der Waals surface area contributed by atoms with Crippen molar-refractivity contribution in [1.82, 2.24) is 0 Å². The minimum atomic E-state index is 0.184. The molecule has 0 fully saturated rings. The van der Waals surface area contributed by atoms with Gasteiger partial charge in [0, 0.05) is 5.92 Å². The molecule has 0 saturated heterocycles. The average molecular weight is 277 g/mol. The summed E-state index contributed by atoms with van der Waals surface area (Å²) in [6.07, 6.45) is 5.40. The van der Waals surface area contributed by atoms with Crippen LogP contribution in [0.1, 0.15) is 24.8 Å². The topological polar surface area (TPSA) is 41.8 Å². The molecule has 2 rings (SSSR count). The number of hydrogen-bond acceptors (Lipinski definition) is 4. The van der Waals surface area contributed by atoms with Gasteiger partial charge < -0.3 is 9.84 Å². The molecular weight excluding hydrogens is 258 g/mol. The molecule has 19 heavy (non-hydrogen) atoms. The highest BCUT2D eigenvalue weighted by Gasteiger charge is 2.14. The zero-order valence-electron chi connectivity index (χ0n) is 11.3. The van der Waals surface area contributed by atoms with E-state index in [1.807, 2.05) is 6.07 Å². The maximum atomic E-state index is 9.80. The normalized spacial score (nSPS) is 18.2. The van der Waals surface area contributed by atoms with E-state index in [-0.39, 0.29) is 11.7 Å². The Kier molecular flexibility index (Phi) is 4.91. The lowest BCUT2D eigenvalue weighted by atomic mass is 9.97. The fraction of sp³-hybridized carbons (Fsp3) is 0.400. The predicted molar refractivity (Wildman–Crippen MR) is 81.6 cm³/mol. The second-order valence-corrected chi connectivity index (χ2v) is 5.54. The summed E-state index contributed by atoms with van der Waals surface area (Å²) in [6, 6.07) is 5.53. The second kappa shape index (κ2) is 6.66. The summed E-state index contributed by atoms with van der Waals surface area (Å²) in [5, 5.41) is 10.9. The third-order valence-electron chi connectivity index (χ3n) is 3.00. The molecular formula is C15H19NO2S. The minimum Gasteiger partial charge on any atom is -0.504 e. The largest absolute Gasteiger partial charge is 0.504 e. The summed E-state index contributed by atoms with van der Waals surface area (Å²) in [4.78, 5) is 4.58. The van der Waals surface area contributed by atoms with Crippen molar-refractivity contribution in [2.75, 3.05) is 19.4 Å². The molecule has 1 atom stereocenters. The molecule has 1 N–H and O–H groups in total. The van der Waals surface area contributed by atoms with Gasteiger partial charge in [-0.1, -0.05) is 19.1 Å². The van der Waals surface area contributed by atoms with E-state index >= 15 is 0 Å². The maximum absolute atomic E-state index is 9.80. The Labute approximate surface area is 118 Å². The van der Waals surface area contributed by atoms with Crippen LogP contribution in [0.25, 0.3) is 0 Å². The average Bonchev–Trinajstić information content (AvgIpc) is 2.45. The molecule has 0 radical (unpaired) electrons. The number of hydrogen-bond donors (Lipinski definition) is 1. The van der Waals surface area contributed by atoms with Gasteiger partial charge >= 0.3 is 0 Å². The number of aromatic hydroxyl groups is 1. The lowest BCUT2D eigenvalue weighted by Gasteiger charge is -2.16. The van der Waals surface area contributed by atoms with E-state index in [2.05, 4.69) is 24.1 Å². The zero-order chi connectivity index (χ0) is 13.7. The quantitative estimate of drug-likeness (QED) is 0.914. The lowest BCUT2D eigenvalue weighted by Crippen LogP contribution is -2.07. The number of benzene rings is 1. The van der Waals surface area contributed by atoms with Gasteiger partial charge in [-0.2, -0.15) is 0 Å². The molecule has 1 unspecified atom stereocenters. The Morgan fingerprint density at radius 1 is 1.47 bits per heavy atom. The predicted octanol–water partition coefficient (Wildman–Crippen LogP) is 3.60. The van der Waals surface area contributed by atoms with Crippen LogP contribution in [-0.4, -0.2) is 29.6 Å². The number of ether oxygens (including phenoxy) is 1. The molecule has 3 nitrogen and oxygen atoms in total. The Bertz CT molecular complexity index is 497. The summed E-state index contributed by atoms with van der Waals surface area (Å²) in [5.41, 5.74) is 1.07. The molecule has 1 aliphatic heterocycles. The first-order valence-corrected chi connectivity index (χ1v) is 7.45. The Morgan fingerprint density at radius 3 is 2.89 bits per heavy atom. The smallest absolute Gasteiger partial charge is 0.160 e. The molecule has 0 saturated carbocycles. The van der Waals surface area contributed by atoms with E-state index in [1.165, 1.54) is 0 Å². The summed E-state index contributed by atoms with van der Waals surface area (Å²) in [5.74, 6) is 2.04. The van der Waals surface area contributed by atoms with E-state index in [1.54, 1.807) is 31.0 Å². The van der Waals surface area contributed by atoms with Crippen molar-refractivity contribution in [2.45, 2.75) is 19.3 Å². The number of phenols is 1. The lowest BCUT2D eigenvalue weighted by molar-refractivity contribution is 0.373.